The number of rotatable bonds is 8. The quantitative estimate of drug-likeness (QED) is 0.574. The molecule has 0 fully saturated rings. The summed E-state index contributed by atoms with van der Waals surface area (Å²) >= 11 is 0. The molecule has 0 spiro atoms. The standard InChI is InChI=1S/C18H20N2O6/c1-4-26-16-7-5-12(9-17(16)25-3)11-19-18(21)14-10-13(20(22)23)6-8-15(14)24-2/h5-10H,4,11H2,1-3H3,(H,19,21). The number of hydrogen-bond acceptors (Lipinski definition) is 6. The molecule has 2 aromatic carbocycles. The Balaban J connectivity index is 2.16. The van der Waals surface area contributed by atoms with Gasteiger partial charge in [-0.2, -0.15) is 0 Å². The summed E-state index contributed by atoms with van der Waals surface area (Å²) in [6, 6.07) is 9.19. The van der Waals surface area contributed by atoms with Crippen LogP contribution in [0.3, 0.4) is 0 Å². The minimum absolute atomic E-state index is 0.0969. The Bertz CT molecular complexity index is 806. The number of carbonyl (C=O) groups excluding carboxylic acids is 1. The van der Waals surface area contributed by atoms with Gasteiger partial charge in [0, 0.05) is 18.7 Å². The summed E-state index contributed by atoms with van der Waals surface area (Å²) < 4.78 is 15.8. The summed E-state index contributed by atoms with van der Waals surface area (Å²) in [5, 5.41) is 13.6. The van der Waals surface area contributed by atoms with Crippen molar-refractivity contribution in [2.45, 2.75) is 13.5 Å². The Kier molecular flexibility index (Phi) is 6.37. The van der Waals surface area contributed by atoms with Gasteiger partial charge in [-0.15, -0.1) is 0 Å². The average molecular weight is 360 g/mol. The average Bonchev–Trinajstić information content (AvgIpc) is 2.66. The number of benzene rings is 2. The third kappa shape index (κ3) is 4.41. The molecule has 0 unspecified atom stereocenters. The van der Waals surface area contributed by atoms with Crippen LogP contribution < -0.4 is 19.5 Å². The minimum atomic E-state index is -0.562. The summed E-state index contributed by atoms with van der Waals surface area (Å²) in [4.78, 5) is 22.8. The number of nitro groups is 1. The van der Waals surface area contributed by atoms with Gasteiger partial charge in [-0.25, -0.2) is 0 Å². The van der Waals surface area contributed by atoms with Crippen LogP contribution in [-0.2, 0) is 6.54 Å². The van der Waals surface area contributed by atoms with Crippen molar-refractivity contribution in [3.05, 3.63) is 57.6 Å². The van der Waals surface area contributed by atoms with Gasteiger partial charge in [-0.1, -0.05) is 6.07 Å². The molecule has 2 rings (SSSR count). The van der Waals surface area contributed by atoms with Crippen molar-refractivity contribution in [1.29, 1.82) is 0 Å². The van der Waals surface area contributed by atoms with Crippen LogP contribution in [0.1, 0.15) is 22.8 Å². The highest BCUT2D eigenvalue weighted by molar-refractivity contribution is 5.97. The molecule has 0 heterocycles. The molecule has 138 valence electrons. The van der Waals surface area contributed by atoms with Crippen molar-refractivity contribution in [3.8, 4) is 17.2 Å². The van der Waals surface area contributed by atoms with E-state index in [2.05, 4.69) is 5.32 Å². The summed E-state index contributed by atoms with van der Waals surface area (Å²) in [6.45, 7) is 2.60. The number of non-ortho nitro benzene ring substituents is 1. The third-order valence-corrected chi connectivity index (χ3v) is 3.62. The molecule has 1 N–H and O–H groups in total. The van der Waals surface area contributed by atoms with Crippen LogP contribution in [0.15, 0.2) is 36.4 Å². The van der Waals surface area contributed by atoms with Crippen molar-refractivity contribution in [2.75, 3.05) is 20.8 Å². The fraction of sp³-hybridized carbons (Fsp3) is 0.278. The van der Waals surface area contributed by atoms with E-state index in [-0.39, 0.29) is 23.5 Å². The van der Waals surface area contributed by atoms with Crippen molar-refractivity contribution < 1.29 is 23.9 Å². The highest BCUT2D eigenvalue weighted by Gasteiger charge is 2.17. The molecule has 0 atom stereocenters. The number of hydrogen-bond donors (Lipinski definition) is 1. The van der Waals surface area contributed by atoms with Gasteiger partial charge in [-0.3, -0.25) is 14.9 Å². The van der Waals surface area contributed by atoms with Gasteiger partial charge in [0.1, 0.15) is 5.75 Å². The molecular formula is C18H20N2O6. The molecule has 0 radical (unpaired) electrons. The number of nitrogens with one attached hydrogen (secondary N) is 1. The molecule has 0 saturated carbocycles. The van der Waals surface area contributed by atoms with Crippen molar-refractivity contribution >= 4 is 11.6 Å². The summed E-state index contributed by atoms with van der Waals surface area (Å²) in [6.07, 6.45) is 0. The van der Waals surface area contributed by atoms with Crippen LogP contribution in [0.25, 0.3) is 0 Å². The lowest BCUT2D eigenvalue weighted by atomic mass is 10.1. The molecule has 0 bridgehead atoms. The van der Waals surface area contributed by atoms with E-state index in [4.69, 9.17) is 14.2 Å². The number of carbonyl (C=O) groups is 1. The third-order valence-electron chi connectivity index (χ3n) is 3.62. The second-order valence-electron chi connectivity index (χ2n) is 5.24. The zero-order valence-corrected chi connectivity index (χ0v) is 14.8. The highest BCUT2D eigenvalue weighted by Crippen LogP contribution is 2.28. The van der Waals surface area contributed by atoms with E-state index in [1.807, 2.05) is 6.92 Å². The molecule has 0 aliphatic carbocycles. The topological polar surface area (TPSA) is 99.9 Å². The second kappa shape index (κ2) is 8.70. The number of amides is 1. The van der Waals surface area contributed by atoms with Crippen LogP contribution in [-0.4, -0.2) is 31.7 Å². The number of nitrogens with zero attached hydrogens (tertiary/aromatic N) is 1. The number of methoxy groups -OCH3 is 2. The monoisotopic (exact) mass is 360 g/mol. The first-order valence-electron chi connectivity index (χ1n) is 7.90. The first-order chi connectivity index (χ1) is 12.5. The highest BCUT2D eigenvalue weighted by atomic mass is 16.6. The molecule has 8 heteroatoms. The molecule has 0 aliphatic rings. The zero-order valence-electron chi connectivity index (χ0n) is 14.8. The van der Waals surface area contributed by atoms with E-state index < -0.39 is 10.8 Å². The maximum Gasteiger partial charge on any atom is 0.270 e. The van der Waals surface area contributed by atoms with Gasteiger partial charge in [0.05, 0.1) is 31.3 Å². The number of nitro benzene ring substituents is 1. The largest absolute Gasteiger partial charge is 0.496 e. The molecule has 0 aliphatic heterocycles. The van der Waals surface area contributed by atoms with Gasteiger partial charge in [0.15, 0.2) is 11.5 Å². The van der Waals surface area contributed by atoms with Crippen molar-refractivity contribution in [3.63, 3.8) is 0 Å². The summed E-state index contributed by atoms with van der Waals surface area (Å²) in [5.74, 6) is 0.965. The Hall–Kier alpha value is -3.29. The maximum atomic E-state index is 12.4. The van der Waals surface area contributed by atoms with Crippen LogP contribution in [0, 0.1) is 10.1 Å². The van der Waals surface area contributed by atoms with Gasteiger partial charge >= 0.3 is 0 Å². The number of ether oxygens (including phenoxy) is 3. The first-order valence-corrected chi connectivity index (χ1v) is 7.90. The van der Waals surface area contributed by atoms with E-state index >= 15 is 0 Å². The van der Waals surface area contributed by atoms with E-state index in [0.29, 0.717) is 18.1 Å². The zero-order chi connectivity index (χ0) is 19.1. The summed E-state index contributed by atoms with van der Waals surface area (Å²) in [5.41, 5.74) is 0.710. The van der Waals surface area contributed by atoms with E-state index in [0.717, 1.165) is 5.56 Å². The lowest BCUT2D eigenvalue weighted by Crippen LogP contribution is -2.23. The van der Waals surface area contributed by atoms with Crippen molar-refractivity contribution in [1.82, 2.24) is 5.32 Å². The van der Waals surface area contributed by atoms with Crippen LogP contribution in [0.4, 0.5) is 5.69 Å². The lowest BCUT2D eigenvalue weighted by molar-refractivity contribution is -0.384. The molecule has 26 heavy (non-hydrogen) atoms. The molecular weight excluding hydrogens is 340 g/mol. The Labute approximate surface area is 150 Å². The van der Waals surface area contributed by atoms with Gasteiger partial charge in [0.2, 0.25) is 0 Å². The van der Waals surface area contributed by atoms with Gasteiger partial charge in [0.25, 0.3) is 11.6 Å². The van der Waals surface area contributed by atoms with E-state index in [1.54, 1.807) is 18.2 Å². The Morgan fingerprint density at radius 1 is 1.08 bits per heavy atom. The predicted octanol–water partition coefficient (Wildman–Crippen LogP) is 2.94. The maximum absolute atomic E-state index is 12.4. The molecule has 1 amide bonds. The van der Waals surface area contributed by atoms with Crippen LogP contribution in [0.2, 0.25) is 0 Å². The first kappa shape index (κ1) is 19.0. The van der Waals surface area contributed by atoms with Crippen molar-refractivity contribution in [2.24, 2.45) is 0 Å². The molecule has 0 aromatic heterocycles. The van der Waals surface area contributed by atoms with Gasteiger partial charge < -0.3 is 19.5 Å². The van der Waals surface area contributed by atoms with Gasteiger partial charge in [-0.05, 0) is 30.7 Å². The van der Waals surface area contributed by atoms with E-state index in [1.165, 1.54) is 32.4 Å². The fourth-order valence-corrected chi connectivity index (χ4v) is 2.36. The normalized spacial score (nSPS) is 10.1. The molecule has 2 aromatic rings. The Morgan fingerprint density at radius 2 is 1.77 bits per heavy atom. The molecule has 0 saturated heterocycles. The smallest absolute Gasteiger partial charge is 0.270 e. The minimum Gasteiger partial charge on any atom is -0.496 e. The second-order valence-corrected chi connectivity index (χ2v) is 5.24. The SMILES string of the molecule is CCOc1ccc(CNC(=O)c2cc([N+](=O)[O-])ccc2OC)cc1OC. The summed E-state index contributed by atoms with van der Waals surface area (Å²) in [7, 11) is 2.93. The van der Waals surface area contributed by atoms with Crippen LogP contribution >= 0.6 is 0 Å². The van der Waals surface area contributed by atoms with E-state index in [9.17, 15) is 14.9 Å². The lowest BCUT2D eigenvalue weighted by Gasteiger charge is -2.12. The Morgan fingerprint density at radius 3 is 2.38 bits per heavy atom. The predicted molar refractivity (Wildman–Crippen MR) is 95.0 cm³/mol. The van der Waals surface area contributed by atoms with Crippen LogP contribution in [0.5, 0.6) is 17.2 Å². The fourth-order valence-electron chi connectivity index (χ4n) is 2.36. The molecule has 8 nitrogen and oxygen atoms in total.